The SMILES string of the molecule is CC(=O)c1cccc(N=Cc2c(C)[nH]n(-c3ccc4nnc(C)n4n3)c2=O)c1. The lowest BCUT2D eigenvalue weighted by atomic mass is 10.1. The van der Waals surface area contributed by atoms with Crippen LogP contribution in [0.15, 0.2) is 46.2 Å². The highest BCUT2D eigenvalue weighted by Gasteiger charge is 2.13. The number of aromatic amines is 1. The topological polar surface area (TPSA) is 110 Å². The Hall–Kier alpha value is -3.88. The van der Waals surface area contributed by atoms with Crippen molar-refractivity contribution in [3.63, 3.8) is 0 Å². The molecule has 28 heavy (non-hydrogen) atoms. The molecular formula is C19H17N7O2. The number of H-pyrrole nitrogens is 1. The molecule has 0 radical (unpaired) electrons. The van der Waals surface area contributed by atoms with Crippen molar-refractivity contribution >= 4 is 23.3 Å². The van der Waals surface area contributed by atoms with Gasteiger partial charge in [0.05, 0.1) is 11.3 Å². The zero-order chi connectivity index (χ0) is 19.8. The second-order valence-corrected chi connectivity index (χ2v) is 6.36. The van der Waals surface area contributed by atoms with Gasteiger partial charge in [0.25, 0.3) is 5.56 Å². The van der Waals surface area contributed by atoms with Gasteiger partial charge in [0, 0.05) is 17.5 Å². The lowest BCUT2D eigenvalue weighted by Gasteiger charge is -2.01. The molecule has 3 heterocycles. The van der Waals surface area contributed by atoms with E-state index in [2.05, 4.69) is 25.4 Å². The van der Waals surface area contributed by atoms with Crippen LogP contribution in [0.3, 0.4) is 0 Å². The Kier molecular flexibility index (Phi) is 4.19. The Balaban J connectivity index is 1.73. The van der Waals surface area contributed by atoms with Crippen molar-refractivity contribution in [1.29, 1.82) is 0 Å². The smallest absolute Gasteiger partial charge is 0.281 e. The van der Waals surface area contributed by atoms with Gasteiger partial charge in [-0.15, -0.1) is 15.3 Å². The molecule has 0 bridgehead atoms. The summed E-state index contributed by atoms with van der Waals surface area (Å²) >= 11 is 0. The highest BCUT2D eigenvalue weighted by Crippen LogP contribution is 2.15. The van der Waals surface area contributed by atoms with E-state index in [0.29, 0.717) is 39.8 Å². The highest BCUT2D eigenvalue weighted by molar-refractivity contribution is 5.95. The van der Waals surface area contributed by atoms with Gasteiger partial charge in [-0.05, 0) is 45.0 Å². The zero-order valence-corrected chi connectivity index (χ0v) is 15.5. The molecule has 0 saturated heterocycles. The van der Waals surface area contributed by atoms with E-state index in [1.165, 1.54) is 17.8 Å². The van der Waals surface area contributed by atoms with Gasteiger partial charge >= 0.3 is 0 Å². The average molecular weight is 375 g/mol. The number of aromatic nitrogens is 6. The van der Waals surface area contributed by atoms with Gasteiger partial charge in [-0.25, -0.2) is 0 Å². The fourth-order valence-electron chi connectivity index (χ4n) is 2.82. The predicted molar refractivity (Wildman–Crippen MR) is 104 cm³/mol. The van der Waals surface area contributed by atoms with E-state index in [1.807, 2.05) is 0 Å². The van der Waals surface area contributed by atoms with Crippen LogP contribution >= 0.6 is 0 Å². The van der Waals surface area contributed by atoms with E-state index in [9.17, 15) is 9.59 Å². The van der Waals surface area contributed by atoms with Gasteiger partial charge < -0.3 is 0 Å². The summed E-state index contributed by atoms with van der Waals surface area (Å²) < 4.78 is 2.92. The molecule has 0 amide bonds. The Morgan fingerprint density at radius 1 is 1.18 bits per heavy atom. The minimum atomic E-state index is -0.276. The summed E-state index contributed by atoms with van der Waals surface area (Å²) in [5.74, 6) is 1.00. The van der Waals surface area contributed by atoms with Crippen LogP contribution in [0.1, 0.15) is 34.4 Å². The largest absolute Gasteiger partial charge is 0.295 e. The molecule has 4 aromatic rings. The molecule has 0 spiro atoms. The number of rotatable bonds is 4. The number of nitrogens with one attached hydrogen (secondary N) is 1. The minimum absolute atomic E-state index is 0.0389. The number of aliphatic imine (C=N–C) groups is 1. The van der Waals surface area contributed by atoms with Crippen LogP contribution in [-0.2, 0) is 0 Å². The van der Waals surface area contributed by atoms with E-state index in [1.54, 1.807) is 54.8 Å². The minimum Gasteiger partial charge on any atom is -0.295 e. The van der Waals surface area contributed by atoms with Crippen LogP contribution in [0, 0.1) is 13.8 Å². The summed E-state index contributed by atoms with van der Waals surface area (Å²) in [6, 6.07) is 10.4. The first-order chi connectivity index (χ1) is 13.4. The number of Topliss-reactive ketones (excluding diaryl/α,β-unsaturated/α-hetero) is 1. The molecule has 0 fully saturated rings. The van der Waals surface area contributed by atoms with Crippen LogP contribution < -0.4 is 5.56 Å². The monoisotopic (exact) mass is 375 g/mol. The molecule has 0 aliphatic heterocycles. The Morgan fingerprint density at radius 2 is 2.00 bits per heavy atom. The lowest BCUT2D eigenvalue weighted by Crippen LogP contribution is -2.19. The first kappa shape index (κ1) is 17.5. The van der Waals surface area contributed by atoms with Gasteiger partial charge in [0.2, 0.25) is 0 Å². The van der Waals surface area contributed by atoms with E-state index < -0.39 is 0 Å². The molecule has 4 rings (SSSR count). The summed E-state index contributed by atoms with van der Waals surface area (Å²) in [7, 11) is 0. The van der Waals surface area contributed by atoms with Crippen LogP contribution in [0.25, 0.3) is 11.5 Å². The molecule has 0 atom stereocenters. The molecule has 3 aromatic heterocycles. The van der Waals surface area contributed by atoms with Crippen molar-refractivity contribution in [3.8, 4) is 5.82 Å². The van der Waals surface area contributed by atoms with Gasteiger partial charge in [-0.3, -0.25) is 19.7 Å². The Bertz CT molecular complexity index is 1290. The quantitative estimate of drug-likeness (QED) is 0.434. The number of ketones is 1. The van der Waals surface area contributed by atoms with E-state index in [-0.39, 0.29) is 11.3 Å². The van der Waals surface area contributed by atoms with Gasteiger partial charge in [0.1, 0.15) is 0 Å². The van der Waals surface area contributed by atoms with Gasteiger partial charge in [-0.1, -0.05) is 12.1 Å². The summed E-state index contributed by atoms with van der Waals surface area (Å²) in [6.45, 7) is 5.07. The predicted octanol–water partition coefficient (Wildman–Crippen LogP) is 2.17. The summed E-state index contributed by atoms with van der Waals surface area (Å²) in [4.78, 5) is 28.7. The molecule has 0 aliphatic rings. The summed E-state index contributed by atoms with van der Waals surface area (Å²) in [6.07, 6.45) is 1.49. The molecule has 0 unspecified atom stereocenters. The first-order valence-electron chi connectivity index (χ1n) is 8.60. The molecule has 1 aromatic carbocycles. The number of aryl methyl sites for hydroxylation is 2. The second kappa shape index (κ2) is 6.69. The number of carbonyl (C=O) groups excluding carboxylic acids is 1. The van der Waals surface area contributed by atoms with Crippen molar-refractivity contribution in [1.82, 2.24) is 29.6 Å². The molecule has 9 heteroatoms. The molecule has 1 N–H and O–H groups in total. The van der Waals surface area contributed by atoms with Gasteiger partial charge in [-0.2, -0.15) is 9.20 Å². The van der Waals surface area contributed by atoms with Crippen molar-refractivity contribution in [3.05, 3.63) is 69.4 Å². The van der Waals surface area contributed by atoms with Crippen LogP contribution in [0.2, 0.25) is 0 Å². The average Bonchev–Trinajstić information content (AvgIpc) is 3.19. The number of fused-ring (bicyclic) bond motifs is 1. The maximum Gasteiger partial charge on any atom is 0.281 e. The molecule has 0 aliphatic carbocycles. The number of carbonyl (C=O) groups is 1. The molecule has 9 nitrogen and oxygen atoms in total. The zero-order valence-electron chi connectivity index (χ0n) is 15.5. The molecule has 140 valence electrons. The lowest BCUT2D eigenvalue weighted by molar-refractivity contribution is 0.101. The molecular weight excluding hydrogens is 358 g/mol. The summed E-state index contributed by atoms with van der Waals surface area (Å²) in [5.41, 5.74) is 2.55. The maximum atomic E-state index is 12.9. The van der Waals surface area contributed by atoms with E-state index >= 15 is 0 Å². The number of nitrogens with zero attached hydrogens (tertiary/aromatic N) is 6. The van der Waals surface area contributed by atoms with Crippen molar-refractivity contribution in [2.75, 3.05) is 0 Å². The van der Waals surface area contributed by atoms with E-state index in [4.69, 9.17) is 0 Å². The van der Waals surface area contributed by atoms with E-state index in [0.717, 1.165) is 0 Å². The fraction of sp³-hybridized carbons (Fsp3) is 0.158. The number of hydrogen-bond acceptors (Lipinski definition) is 6. The normalized spacial score (nSPS) is 11.5. The number of hydrogen-bond donors (Lipinski definition) is 1. The van der Waals surface area contributed by atoms with Crippen LogP contribution in [0.4, 0.5) is 5.69 Å². The Morgan fingerprint density at radius 3 is 2.79 bits per heavy atom. The second-order valence-electron chi connectivity index (χ2n) is 6.36. The van der Waals surface area contributed by atoms with Crippen LogP contribution in [0.5, 0.6) is 0 Å². The third-order valence-corrected chi connectivity index (χ3v) is 4.35. The van der Waals surface area contributed by atoms with Crippen molar-refractivity contribution in [2.24, 2.45) is 4.99 Å². The van der Waals surface area contributed by atoms with Crippen molar-refractivity contribution < 1.29 is 4.79 Å². The van der Waals surface area contributed by atoms with Crippen molar-refractivity contribution in [2.45, 2.75) is 20.8 Å². The number of benzene rings is 1. The summed E-state index contributed by atoms with van der Waals surface area (Å²) in [5, 5.41) is 15.4. The maximum absolute atomic E-state index is 12.9. The highest BCUT2D eigenvalue weighted by atomic mass is 16.1. The third kappa shape index (κ3) is 3.02. The fourth-order valence-corrected chi connectivity index (χ4v) is 2.82. The standard InChI is InChI=1S/C19H17N7O2/c1-11-16(10-20-15-6-4-5-14(9-15)12(2)27)19(28)26(23-11)18-8-7-17-22-21-13(3)25(17)24-18/h4-10,23H,1-3H3. The molecule has 0 saturated carbocycles. The van der Waals surface area contributed by atoms with Gasteiger partial charge in [0.15, 0.2) is 23.1 Å². The third-order valence-electron chi connectivity index (χ3n) is 4.35. The Labute approximate surface area is 159 Å². The first-order valence-corrected chi connectivity index (χ1v) is 8.60. The van der Waals surface area contributed by atoms with Crippen LogP contribution in [-0.4, -0.2) is 41.6 Å².